The Hall–Kier alpha value is -0.610. The monoisotopic (exact) mass is 216 g/mol. The molecule has 0 aromatic heterocycles. The third-order valence-corrected chi connectivity index (χ3v) is 2.23. The summed E-state index contributed by atoms with van der Waals surface area (Å²) < 4.78 is 0. The van der Waals surface area contributed by atoms with Crippen LogP contribution in [0.2, 0.25) is 0 Å². The van der Waals surface area contributed by atoms with Gasteiger partial charge in [0.05, 0.1) is 5.60 Å². The van der Waals surface area contributed by atoms with Crippen LogP contribution in [0.25, 0.3) is 0 Å². The molecule has 15 heavy (non-hydrogen) atoms. The quantitative estimate of drug-likeness (QED) is 0.684. The Labute approximate surface area is 92.7 Å². The molecule has 1 amide bonds. The van der Waals surface area contributed by atoms with Crippen molar-refractivity contribution in [3.63, 3.8) is 0 Å². The molecule has 2 N–H and O–H groups in total. The number of carbonyl (C=O) groups is 1. The van der Waals surface area contributed by atoms with Crippen molar-refractivity contribution in [3.05, 3.63) is 0 Å². The molecule has 0 atom stereocenters. The standard InChI is InChI=1S/C11H24N2O2/c1-9(2)13(8-11(3,4)15)7-6-10(14)12-5/h9,15H,6-8H2,1-5H3,(H,12,14). The van der Waals surface area contributed by atoms with E-state index in [9.17, 15) is 9.90 Å². The van der Waals surface area contributed by atoms with Crippen molar-refractivity contribution in [1.29, 1.82) is 0 Å². The molecule has 0 heterocycles. The summed E-state index contributed by atoms with van der Waals surface area (Å²) in [7, 11) is 1.64. The molecule has 0 saturated carbocycles. The zero-order valence-corrected chi connectivity index (χ0v) is 10.5. The summed E-state index contributed by atoms with van der Waals surface area (Å²) in [6.45, 7) is 8.96. The average molecular weight is 216 g/mol. The van der Waals surface area contributed by atoms with Gasteiger partial charge in [0, 0.05) is 32.6 Å². The van der Waals surface area contributed by atoms with Crippen LogP contribution in [0.4, 0.5) is 0 Å². The summed E-state index contributed by atoms with van der Waals surface area (Å²) in [5.41, 5.74) is -0.715. The molecule has 0 aliphatic carbocycles. The van der Waals surface area contributed by atoms with E-state index in [1.807, 2.05) is 0 Å². The highest BCUT2D eigenvalue weighted by Gasteiger charge is 2.20. The van der Waals surface area contributed by atoms with Crippen molar-refractivity contribution >= 4 is 5.91 Å². The van der Waals surface area contributed by atoms with Crippen molar-refractivity contribution in [2.75, 3.05) is 20.1 Å². The van der Waals surface area contributed by atoms with E-state index in [1.165, 1.54) is 0 Å². The number of aliphatic hydroxyl groups is 1. The highest BCUT2D eigenvalue weighted by Crippen LogP contribution is 2.08. The molecule has 0 spiro atoms. The molecule has 0 rings (SSSR count). The molecule has 0 radical (unpaired) electrons. The number of rotatable bonds is 6. The summed E-state index contributed by atoms with van der Waals surface area (Å²) in [6, 6.07) is 0.334. The van der Waals surface area contributed by atoms with Crippen LogP contribution in [0.1, 0.15) is 34.1 Å². The molecule has 0 unspecified atom stereocenters. The van der Waals surface area contributed by atoms with Gasteiger partial charge in [-0.1, -0.05) is 0 Å². The second kappa shape index (κ2) is 6.08. The van der Waals surface area contributed by atoms with E-state index in [4.69, 9.17) is 0 Å². The van der Waals surface area contributed by atoms with Crippen molar-refractivity contribution in [3.8, 4) is 0 Å². The minimum Gasteiger partial charge on any atom is -0.389 e. The van der Waals surface area contributed by atoms with Gasteiger partial charge < -0.3 is 10.4 Å². The van der Waals surface area contributed by atoms with Crippen molar-refractivity contribution in [2.24, 2.45) is 0 Å². The number of nitrogens with one attached hydrogen (secondary N) is 1. The number of carbonyl (C=O) groups excluding carboxylic acids is 1. The van der Waals surface area contributed by atoms with E-state index < -0.39 is 5.60 Å². The third-order valence-electron chi connectivity index (χ3n) is 2.23. The highest BCUT2D eigenvalue weighted by molar-refractivity contribution is 5.75. The average Bonchev–Trinajstić information content (AvgIpc) is 2.09. The fourth-order valence-corrected chi connectivity index (χ4v) is 1.39. The first-order chi connectivity index (χ1) is 6.76. The molecule has 0 aromatic carbocycles. The minimum atomic E-state index is -0.715. The molecule has 4 nitrogen and oxygen atoms in total. The van der Waals surface area contributed by atoms with Crippen molar-refractivity contribution < 1.29 is 9.90 Å². The summed E-state index contributed by atoms with van der Waals surface area (Å²) >= 11 is 0. The van der Waals surface area contributed by atoms with Crippen molar-refractivity contribution in [1.82, 2.24) is 10.2 Å². The Morgan fingerprint density at radius 1 is 1.47 bits per heavy atom. The SMILES string of the molecule is CNC(=O)CCN(CC(C)(C)O)C(C)C. The summed E-state index contributed by atoms with van der Waals surface area (Å²) in [4.78, 5) is 13.2. The molecule has 0 bridgehead atoms. The highest BCUT2D eigenvalue weighted by atomic mass is 16.3. The van der Waals surface area contributed by atoms with Gasteiger partial charge in [-0.25, -0.2) is 0 Å². The second-order valence-corrected chi connectivity index (χ2v) is 4.80. The second-order valence-electron chi connectivity index (χ2n) is 4.80. The van der Waals surface area contributed by atoms with Crippen LogP contribution in [0, 0.1) is 0 Å². The largest absolute Gasteiger partial charge is 0.389 e. The van der Waals surface area contributed by atoms with Crippen LogP contribution >= 0.6 is 0 Å². The number of amides is 1. The maximum atomic E-state index is 11.1. The van der Waals surface area contributed by atoms with Gasteiger partial charge in [-0.05, 0) is 27.7 Å². The molecule has 0 saturated heterocycles. The fourth-order valence-electron chi connectivity index (χ4n) is 1.39. The predicted molar refractivity (Wildman–Crippen MR) is 61.7 cm³/mol. The number of hydrogen-bond acceptors (Lipinski definition) is 3. The first-order valence-corrected chi connectivity index (χ1v) is 5.43. The first kappa shape index (κ1) is 14.4. The van der Waals surface area contributed by atoms with Crippen LogP contribution in [0.15, 0.2) is 0 Å². The lowest BCUT2D eigenvalue weighted by atomic mass is 10.1. The molecule has 90 valence electrons. The van der Waals surface area contributed by atoms with Crippen LogP contribution in [0.3, 0.4) is 0 Å². The maximum Gasteiger partial charge on any atom is 0.221 e. The van der Waals surface area contributed by atoms with Gasteiger partial charge in [0.2, 0.25) is 5.91 Å². The van der Waals surface area contributed by atoms with Gasteiger partial charge in [0.1, 0.15) is 0 Å². The number of hydrogen-bond donors (Lipinski definition) is 2. The van der Waals surface area contributed by atoms with Gasteiger partial charge >= 0.3 is 0 Å². The van der Waals surface area contributed by atoms with E-state index in [2.05, 4.69) is 24.1 Å². The Morgan fingerprint density at radius 3 is 2.33 bits per heavy atom. The lowest BCUT2D eigenvalue weighted by Crippen LogP contribution is -2.43. The lowest BCUT2D eigenvalue weighted by molar-refractivity contribution is -0.121. The van der Waals surface area contributed by atoms with Crippen LogP contribution in [-0.2, 0) is 4.79 Å². The van der Waals surface area contributed by atoms with Crippen LogP contribution in [0.5, 0.6) is 0 Å². The van der Waals surface area contributed by atoms with E-state index in [0.717, 1.165) is 0 Å². The predicted octanol–water partition coefficient (Wildman–Crippen LogP) is 0.604. The molecule has 0 aliphatic rings. The van der Waals surface area contributed by atoms with E-state index in [1.54, 1.807) is 20.9 Å². The topological polar surface area (TPSA) is 52.6 Å². The third kappa shape index (κ3) is 7.33. The lowest BCUT2D eigenvalue weighted by Gasteiger charge is -2.31. The van der Waals surface area contributed by atoms with Crippen LogP contribution < -0.4 is 5.32 Å². The van der Waals surface area contributed by atoms with E-state index in [-0.39, 0.29) is 5.91 Å². The van der Waals surface area contributed by atoms with E-state index in [0.29, 0.717) is 25.6 Å². The molecule has 0 aromatic rings. The normalized spacial score (nSPS) is 12.3. The van der Waals surface area contributed by atoms with E-state index >= 15 is 0 Å². The molecule has 4 heteroatoms. The van der Waals surface area contributed by atoms with Gasteiger partial charge in [-0.15, -0.1) is 0 Å². The fraction of sp³-hybridized carbons (Fsp3) is 0.909. The molecular weight excluding hydrogens is 192 g/mol. The van der Waals surface area contributed by atoms with Gasteiger partial charge in [-0.2, -0.15) is 0 Å². The summed E-state index contributed by atoms with van der Waals surface area (Å²) in [5.74, 6) is 0.0383. The summed E-state index contributed by atoms with van der Waals surface area (Å²) in [5, 5.41) is 12.3. The minimum absolute atomic E-state index is 0.0383. The zero-order chi connectivity index (χ0) is 12.1. The molecule has 0 fully saturated rings. The Kier molecular flexibility index (Phi) is 5.83. The number of nitrogens with zero attached hydrogens (tertiary/aromatic N) is 1. The first-order valence-electron chi connectivity index (χ1n) is 5.43. The summed E-state index contributed by atoms with van der Waals surface area (Å²) in [6.07, 6.45) is 0.477. The molecule has 0 aliphatic heterocycles. The van der Waals surface area contributed by atoms with Gasteiger partial charge in [-0.3, -0.25) is 9.69 Å². The maximum absolute atomic E-state index is 11.1. The smallest absolute Gasteiger partial charge is 0.221 e. The Balaban J connectivity index is 4.12. The Bertz CT molecular complexity index is 197. The Morgan fingerprint density at radius 2 is 2.00 bits per heavy atom. The van der Waals surface area contributed by atoms with Crippen LogP contribution in [-0.4, -0.2) is 47.7 Å². The van der Waals surface area contributed by atoms with Gasteiger partial charge in [0.15, 0.2) is 0 Å². The van der Waals surface area contributed by atoms with Crippen molar-refractivity contribution in [2.45, 2.75) is 45.8 Å². The zero-order valence-electron chi connectivity index (χ0n) is 10.5. The van der Waals surface area contributed by atoms with Gasteiger partial charge in [0.25, 0.3) is 0 Å². The molecular formula is C11H24N2O2.